The summed E-state index contributed by atoms with van der Waals surface area (Å²) < 4.78 is 44.8. The molecule has 0 saturated carbocycles. The number of hydrogen-bond acceptors (Lipinski definition) is 5. The van der Waals surface area contributed by atoms with E-state index in [1.807, 2.05) is 6.07 Å². The van der Waals surface area contributed by atoms with Crippen molar-refractivity contribution in [1.82, 2.24) is 10.2 Å². The molecule has 1 heterocycles. The molecule has 3 aromatic rings. The smallest absolute Gasteiger partial charge is 0.416 e. The molecule has 0 bridgehead atoms. The van der Waals surface area contributed by atoms with E-state index < -0.39 is 29.5 Å². The molecule has 1 amide bonds. The van der Waals surface area contributed by atoms with Crippen LogP contribution in [0.25, 0.3) is 0 Å². The van der Waals surface area contributed by atoms with Crippen molar-refractivity contribution in [2.75, 3.05) is 42.5 Å². The highest BCUT2D eigenvalue weighted by Gasteiger charge is 2.31. The number of ether oxygens (including phenoxy) is 1. The Morgan fingerprint density at radius 2 is 1.50 bits per heavy atom. The molecule has 0 aliphatic carbocycles. The SMILES string of the molecule is CC(C)N(Cc1ccccc1)c1ccc(N2CCN(CC[C@H](NC(=O)OC(C)(C)C)c3ccc(C(F)(F)F)cc3)CC2)cc1. The second-order valence-electron chi connectivity index (χ2n) is 12.7. The van der Waals surface area contributed by atoms with E-state index in [1.54, 1.807) is 20.8 Å². The van der Waals surface area contributed by atoms with Crippen molar-refractivity contribution in [3.63, 3.8) is 0 Å². The summed E-state index contributed by atoms with van der Waals surface area (Å²) >= 11 is 0. The summed E-state index contributed by atoms with van der Waals surface area (Å²) in [6.45, 7) is 14.7. The molecule has 1 atom stereocenters. The zero-order chi connectivity index (χ0) is 31.9. The number of anilines is 2. The maximum atomic E-state index is 13.1. The van der Waals surface area contributed by atoms with E-state index in [9.17, 15) is 18.0 Å². The molecule has 6 nitrogen and oxygen atoms in total. The number of amides is 1. The lowest BCUT2D eigenvalue weighted by atomic mass is 10.0. The van der Waals surface area contributed by atoms with Gasteiger partial charge in [0.05, 0.1) is 11.6 Å². The van der Waals surface area contributed by atoms with Crippen LogP contribution in [0.5, 0.6) is 0 Å². The lowest BCUT2D eigenvalue weighted by Crippen LogP contribution is -2.47. The Balaban J connectivity index is 1.34. The van der Waals surface area contributed by atoms with Crippen LogP contribution >= 0.6 is 0 Å². The number of piperazine rings is 1. The van der Waals surface area contributed by atoms with Gasteiger partial charge in [-0.15, -0.1) is 0 Å². The number of hydrogen-bond donors (Lipinski definition) is 1. The molecule has 1 aliphatic heterocycles. The molecule has 0 radical (unpaired) electrons. The number of rotatable bonds is 10. The molecular formula is C35H45F3N4O2. The van der Waals surface area contributed by atoms with E-state index in [0.717, 1.165) is 44.9 Å². The van der Waals surface area contributed by atoms with E-state index >= 15 is 0 Å². The minimum Gasteiger partial charge on any atom is -0.444 e. The molecule has 0 unspecified atom stereocenters. The van der Waals surface area contributed by atoms with Crippen molar-refractivity contribution in [1.29, 1.82) is 0 Å². The third-order valence-electron chi connectivity index (χ3n) is 7.80. The normalized spacial score (nSPS) is 15.2. The summed E-state index contributed by atoms with van der Waals surface area (Å²) in [4.78, 5) is 19.7. The highest BCUT2D eigenvalue weighted by molar-refractivity contribution is 5.68. The Kier molecular flexibility index (Phi) is 10.8. The fourth-order valence-corrected chi connectivity index (χ4v) is 5.42. The number of nitrogens with zero attached hydrogens (tertiary/aromatic N) is 3. The van der Waals surface area contributed by atoms with E-state index in [4.69, 9.17) is 4.74 Å². The van der Waals surface area contributed by atoms with Crippen LogP contribution in [0, 0.1) is 0 Å². The molecule has 0 aromatic heterocycles. The van der Waals surface area contributed by atoms with E-state index in [2.05, 4.69) is 82.4 Å². The predicted octanol–water partition coefficient (Wildman–Crippen LogP) is 7.90. The number of carbonyl (C=O) groups is 1. The number of carbonyl (C=O) groups excluding carboxylic acids is 1. The highest BCUT2D eigenvalue weighted by Crippen LogP contribution is 2.31. The molecule has 44 heavy (non-hydrogen) atoms. The van der Waals surface area contributed by atoms with Gasteiger partial charge in [0.25, 0.3) is 0 Å². The minimum atomic E-state index is -4.41. The van der Waals surface area contributed by atoms with Crippen molar-refractivity contribution in [2.45, 2.75) is 71.4 Å². The second kappa shape index (κ2) is 14.4. The van der Waals surface area contributed by atoms with Crippen LogP contribution in [0.4, 0.5) is 29.3 Å². The fraction of sp³-hybridized carbons (Fsp3) is 0.457. The van der Waals surface area contributed by atoms with Gasteiger partial charge < -0.3 is 19.9 Å². The predicted molar refractivity (Wildman–Crippen MR) is 171 cm³/mol. The minimum absolute atomic E-state index is 0.362. The van der Waals surface area contributed by atoms with Crippen LogP contribution in [0.2, 0.25) is 0 Å². The standard InChI is InChI=1S/C35H45F3N4O2/c1-26(2)42(25-27-9-7-6-8-10-27)31-17-15-30(16-18-31)41-23-21-40(22-24-41)20-19-32(39-33(43)44-34(3,4)5)28-11-13-29(14-12-28)35(36,37)38/h6-18,26,32H,19-25H2,1-5H3,(H,39,43)/t32-/m0/s1. The monoisotopic (exact) mass is 610 g/mol. The maximum absolute atomic E-state index is 13.1. The molecule has 4 rings (SSSR count). The van der Waals surface area contributed by atoms with Crippen molar-refractivity contribution in [2.24, 2.45) is 0 Å². The molecule has 3 aromatic carbocycles. The molecule has 1 aliphatic rings. The van der Waals surface area contributed by atoms with Crippen molar-refractivity contribution >= 4 is 17.5 Å². The first kappa shape index (κ1) is 33.2. The molecule has 238 valence electrons. The van der Waals surface area contributed by atoms with Crippen LogP contribution in [0.15, 0.2) is 78.9 Å². The third-order valence-corrected chi connectivity index (χ3v) is 7.80. The fourth-order valence-electron chi connectivity index (χ4n) is 5.42. The van der Waals surface area contributed by atoms with E-state index in [0.29, 0.717) is 24.6 Å². The zero-order valence-corrected chi connectivity index (χ0v) is 26.4. The lowest BCUT2D eigenvalue weighted by molar-refractivity contribution is -0.137. The van der Waals surface area contributed by atoms with Gasteiger partial charge in [-0.1, -0.05) is 42.5 Å². The first-order valence-electron chi connectivity index (χ1n) is 15.3. The largest absolute Gasteiger partial charge is 0.444 e. The van der Waals surface area contributed by atoms with Crippen molar-refractivity contribution in [3.05, 3.63) is 95.6 Å². The summed E-state index contributed by atoms with van der Waals surface area (Å²) in [5.74, 6) is 0. The second-order valence-corrected chi connectivity index (χ2v) is 12.7. The quantitative estimate of drug-likeness (QED) is 0.253. The van der Waals surface area contributed by atoms with Crippen LogP contribution in [0.3, 0.4) is 0 Å². The van der Waals surface area contributed by atoms with Crippen molar-refractivity contribution < 1.29 is 22.7 Å². The van der Waals surface area contributed by atoms with E-state index in [1.165, 1.54) is 29.1 Å². The molecule has 0 spiro atoms. The van der Waals surface area contributed by atoms with Gasteiger partial charge in [0.1, 0.15) is 5.60 Å². The van der Waals surface area contributed by atoms with Crippen LogP contribution < -0.4 is 15.1 Å². The Hall–Kier alpha value is -3.72. The van der Waals surface area contributed by atoms with Crippen LogP contribution in [-0.2, 0) is 17.5 Å². The molecule has 1 saturated heterocycles. The number of benzene rings is 3. The molecule has 1 N–H and O–H groups in total. The number of nitrogens with one attached hydrogen (secondary N) is 1. The van der Waals surface area contributed by atoms with Crippen molar-refractivity contribution in [3.8, 4) is 0 Å². The van der Waals surface area contributed by atoms with Crippen LogP contribution in [-0.4, -0.2) is 55.4 Å². The van der Waals surface area contributed by atoms with Gasteiger partial charge in [-0.25, -0.2) is 4.79 Å². The first-order chi connectivity index (χ1) is 20.8. The molecule has 1 fully saturated rings. The van der Waals surface area contributed by atoms with Crippen LogP contribution in [0.1, 0.15) is 63.8 Å². The average Bonchev–Trinajstić information content (AvgIpc) is 2.97. The number of alkyl halides is 3. The van der Waals surface area contributed by atoms with Gasteiger partial charge >= 0.3 is 12.3 Å². The van der Waals surface area contributed by atoms with Gasteiger partial charge in [0.15, 0.2) is 0 Å². The summed E-state index contributed by atoms with van der Waals surface area (Å²) in [5.41, 5.74) is 2.88. The Morgan fingerprint density at radius 1 is 0.886 bits per heavy atom. The van der Waals surface area contributed by atoms with Gasteiger partial charge in [-0.3, -0.25) is 4.90 Å². The van der Waals surface area contributed by atoms with Gasteiger partial charge in [0.2, 0.25) is 0 Å². The summed E-state index contributed by atoms with van der Waals surface area (Å²) in [6.07, 6.45) is -4.45. The Labute approximate surface area is 259 Å². The van der Waals surface area contributed by atoms with Gasteiger partial charge in [0, 0.05) is 56.7 Å². The van der Waals surface area contributed by atoms with Gasteiger partial charge in [-0.2, -0.15) is 13.2 Å². The highest BCUT2D eigenvalue weighted by atomic mass is 19.4. The number of halogens is 3. The first-order valence-corrected chi connectivity index (χ1v) is 15.3. The molecule has 9 heteroatoms. The Bertz CT molecular complexity index is 1320. The third kappa shape index (κ3) is 9.64. The average molecular weight is 611 g/mol. The number of alkyl carbamates (subject to hydrolysis) is 1. The summed E-state index contributed by atoms with van der Waals surface area (Å²) in [6, 6.07) is 24.2. The topological polar surface area (TPSA) is 48.0 Å². The summed E-state index contributed by atoms with van der Waals surface area (Å²) in [5, 5.41) is 2.88. The summed E-state index contributed by atoms with van der Waals surface area (Å²) in [7, 11) is 0. The molecular weight excluding hydrogens is 565 g/mol. The van der Waals surface area contributed by atoms with E-state index in [-0.39, 0.29) is 0 Å². The lowest BCUT2D eigenvalue weighted by Gasteiger charge is -2.37. The Morgan fingerprint density at radius 3 is 2.05 bits per heavy atom. The zero-order valence-electron chi connectivity index (χ0n) is 26.4. The van der Waals surface area contributed by atoms with Gasteiger partial charge in [-0.05, 0) is 88.6 Å². The maximum Gasteiger partial charge on any atom is 0.416 e.